The van der Waals surface area contributed by atoms with Crippen LogP contribution in [0.5, 0.6) is 0 Å². The van der Waals surface area contributed by atoms with E-state index in [9.17, 15) is 13.2 Å². The van der Waals surface area contributed by atoms with E-state index in [0.29, 0.717) is 25.1 Å². The highest BCUT2D eigenvalue weighted by atomic mass is 32.2. The van der Waals surface area contributed by atoms with Crippen LogP contribution in [0.3, 0.4) is 0 Å². The van der Waals surface area contributed by atoms with Gasteiger partial charge in [-0.3, -0.25) is 9.69 Å². The van der Waals surface area contributed by atoms with Gasteiger partial charge >= 0.3 is 0 Å². The predicted octanol–water partition coefficient (Wildman–Crippen LogP) is 2.78. The molecule has 0 spiro atoms. The second kappa shape index (κ2) is 7.37. The number of likely N-dealkylation sites (N-methyl/N-ethyl adjacent to an activating group) is 1. The SMILES string of the molecule is Cc1cc(C(=O)CN(C)Cc2ccccc2)c(C)n1[C@@H]1CCS(=O)(=O)C1. The average molecular weight is 375 g/mol. The van der Waals surface area contributed by atoms with E-state index < -0.39 is 9.84 Å². The molecule has 1 aromatic heterocycles. The zero-order chi connectivity index (χ0) is 18.9. The van der Waals surface area contributed by atoms with Gasteiger partial charge in [0.25, 0.3) is 0 Å². The van der Waals surface area contributed by atoms with Crippen molar-refractivity contribution in [3.05, 3.63) is 58.9 Å². The Labute approximate surface area is 155 Å². The third kappa shape index (κ3) is 4.07. The molecule has 1 aromatic carbocycles. The smallest absolute Gasteiger partial charge is 0.178 e. The summed E-state index contributed by atoms with van der Waals surface area (Å²) in [4.78, 5) is 14.8. The maximum absolute atomic E-state index is 12.8. The van der Waals surface area contributed by atoms with Crippen LogP contribution in [-0.4, -0.2) is 48.8 Å². The molecule has 0 amide bonds. The van der Waals surface area contributed by atoms with Crippen LogP contribution < -0.4 is 0 Å². The molecule has 0 bridgehead atoms. The van der Waals surface area contributed by atoms with Crippen molar-refractivity contribution in [2.45, 2.75) is 32.9 Å². The first-order valence-electron chi connectivity index (χ1n) is 8.91. The molecule has 0 radical (unpaired) electrons. The number of hydrogen-bond donors (Lipinski definition) is 0. The maximum atomic E-state index is 12.8. The van der Waals surface area contributed by atoms with E-state index in [4.69, 9.17) is 0 Å². The van der Waals surface area contributed by atoms with Crippen LogP contribution in [0, 0.1) is 13.8 Å². The fraction of sp³-hybridized carbons (Fsp3) is 0.450. The first-order valence-corrected chi connectivity index (χ1v) is 10.7. The zero-order valence-electron chi connectivity index (χ0n) is 15.6. The summed E-state index contributed by atoms with van der Waals surface area (Å²) < 4.78 is 25.7. The number of aromatic nitrogens is 1. The summed E-state index contributed by atoms with van der Waals surface area (Å²) in [6, 6.07) is 11.9. The van der Waals surface area contributed by atoms with E-state index >= 15 is 0 Å². The second-order valence-electron chi connectivity index (χ2n) is 7.29. The Kier molecular flexibility index (Phi) is 5.34. The summed E-state index contributed by atoms with van der Waals surface area (Å²) in [5.74, 6) is 0.478. The van der Waals surface area contributed by atoms with Gasteiger partial charge in [-0.2, -0.15) is 0 Å². The molecule has 140 valence electrons. The molecular weight excluding hydrogens is 348 g/mol. The number of rotatable bonds is 6. The van der Waals surface area contributed by atoms with Crippen LogP contribution in [0.1, 0.15) is 39.8 Å². The zero-order valence-corrected chi connectivity index (χ0v) is 16.4. The lowest BCUT2D eigenvalue weighted by atomic mass is 10.1. The number of carbonyl (C=O) groups is 1. The summed E-state index contributed by atoms with van der Waals surface area (Å²) >= 11 is 0. The number of ketones is 1. The minimum Gasteiger partial charge on any atom is -0.344 e. The number of aryl methyl sites for hydroxylation is 1. The highest BCUT2D eigenvalue weighted by Gasteiger charge is 2.31. The standard InChI is InChI=1S/C20H26N2O3S/c1-15-11-19(16(2)22(15)18-9-10-26(24,25)14-18)20(23)13-21(3)12-17-7-5-4-6-8-17/h4-8,11,18H,9-10,12-14H2,1-3H3/t18-/m1/s1. The molecule has 0 saturated carbocycles. The van der Waals surface area contributed by atoms with Crippen molar-refractivity contribution in [1.82, 2.24) is 9.47 Å². The topological polar surface area (TPSA) is 59.4 Å². The average Bonchev–Trinajstić information content (AvgIpc) is 3.06. The van der Waals surface area contributed by atoms with Crippen LogP contribution >= 0.6 is 0 Å². The first kappa shape index (κ1) is 18.9. The second-order valence-corrected chi connectivity index (χ2v) is 9.52. The highest BCUT2D eigenvalue weighted by molar-refractivity contribution is 7.91. The predicted molar refractivity (Wildman–Crippen MR) is 103 cm³/mol. The van der Waals surface area contributed by atoms with Gasteiger partial charge in [-0.25, -0.2) is 8.42 Å². The van der Waals surface area contributed by atoms with Gasteiger partial charge in [0.2, 0.25) is 0 Å². The molecular formula is C20H26N2O3S. The molecule has 0 aliphatic carbocycles. The van der Waals surface area contributed by atoms with Gasteiger partial charge in [0.05, 0.1) is 18.1 Å². The molecule has 1 atom stereocenters. The fourth-order valence-corrected chi connectivity index (χ4v) is 5.58. The number of nitrogens with zero attached hydrogens (tertiary/aromatic N) is 2. The van der Waals surface area contributed by atoms with Crippen molar-refractivity contribution in [2.75, 3.05) is 25.1 Å². The molecule has 0 unspecified atom stereocenters. The molecule has 2 heterocycles. The summed E-state index contributed by atoms with van der Waals surface area (Å²) in [7, 11) is -1.02. The lowest BCUT2D eigenvalue weighted by Crippen LogP contribution is -2.26. The Hall–Kier alpha value is -1.92. The first-order chi connectivity index (χ1) is 12.3. The molecule has 1 saturated heterocycles. The molecule has 1 aliphatic rings. The van der Waals surface area contributed by atoms with E-state index in [-0.39, 0.29) is 23.3 Å². The Bertz CT molecular complexity index is 901. The normalized spacial score (nSPS) is 19.2. The monoisotopic (exact) mass is 374 g/mol. The summed E-state index contributed by atoms with van der Waals surface area (Å²) in [6.45, 7) is 4.92. The molecule has 5 nitrogen and oxygen atoms in total. The maximum Gasteiger partial charge on any atom is 0.178 e. The van der Waals surface area contributed by atoms with E-state index in [0.717, 1.165) is 11.4 Å². The highest BCUT2D eigenvalue weighted by Crippen LogP contribution is 2.29. The minimum atomic E-state index is -2.96. The minimum absolute atomic E-state index is 0.0522. The van der Waals surface area contributed by atoms with Crippen molar-refractivity contribution in [3.8, 4) is 0 Å². The van der Waals surface area contributed by atoms with Gasteiger partial charge in [0.1, 0.15) is 0 Å². The molecule has 3 rings (SSSR count). The van der Waals surface area contributed by atoms with Crippen LogP contribution in [0.4, 0.5) is 0 Å². The van der Waals surface area contributed by atoms with E-state index in [1.54, 1.807) is 0 Å². The molecule has 26 heavy (non-hydrogen) atoms. The van der Waals surface area contributed by atoms with Crippen LogP contribution in [0.25, 0.3) is 0 Å². The van der Waals surface area contributed by atoms with E-state index in [1.165, 1.54) is 5.56 Å². The number of sulfone groups is 1. The van der Waals surface area contributed by atoms with Crippen LogP contribution in [-0.2, 0) is 16.4 Å². The quantitative estimate of drug-likeness (QED) is 0.730. The molecule has 0 N–H and O–H groups in total. The lowest BCUT2D eigenvalue weighted by Gasteiger charge is -2.17. The van der Waals surface area contributed by atoms with Gasteiger partial charge in [-0.05, 0) is 38.9 Å². The summed E-state index contributed by atoms with van der Waals surface area (Å²) in [5.41, 5.74) is 3.71. The third-order valence-electron chi connectivity index (χ3n) is 5.07. The van der Waals surface area contributed by atoms with Gasteiger partial charge in [-0.1, -0.05) is 30.3 Å². The Morgan fingerprint density at radius 3 is 2.54 bits per heavy atom. The van der Waals surface area contributed by atoms with E-state index in [2.05, 4.69) is 0 Å². The largest absolute Gasteiger partial charge is 0.344 e. The van der Waals surface area contributed by atoms with Crippen molar-refractivity contribution in [3.63, 3.8) is 0 Å². The fourth-order valence-electron chi connectivity index (χ4n) is 3.88. The van der Waals surface area contributed by atoms with Crippen molar-refractivity contribution in [2.24, 2.45) is 0 Å². The molecule has 1 fully saturated rings. The summed E-state index contributed by atoms with van der Waals surface area (Å²) in [5, 5.41) is 0. The third-order valence-corrected chi connectivity index (χ3v) is 6.82. The Morgan fingerprint density at radius 1 is 1.23 bits per heavy atom. The van der Waals surface area contributed by atoms with Crippen molar-refractivity contribution >= 4 is 15.6 Å². The molecule has 2 aromatic rings. The molecule has 1 aliphatic heterocycles. The Morgan fingerprint density at radius 2 is 1.92 bits per heavy atom. The van der Waals surface area contributed by atoms with Gasteiger partial charge in [-0.15, -0.1) is 0 Å². The van der Waals surface area contributed by atoms with Crippen LogP contribution in [0.15, 0.2) is 36.4 Å². The van der Waals surface area contributed by atoms with E-state index in [1.807, 2.05) is 66.8 Å². The number of benzene rings is 1. The molecule has 6 heteroatoms. The number of Topliss-reactive ketones (excluding diaryl/α,β-unsaturated/α-hetero) is 1. The van der Waals surface area contributed by atoms with Crippen molar-refractivity contribution < 1.29 is 13.2 Å². The lowest BCUT2D eigenvalue weighted by molar-refractivity contribution is 0.0942. The van der Waals surface area contributed by atoms with Gasteiger partial charge in [0.15, 0.2) is 15.6 Å². The number of carbonyl (C=O) groups excluding carboxylic acids is 1. The van der Waals surface area contributed by atoms with Crippen molar-refractivity contribution in [1.29, 1.82) is 0 Å². The van der Waals surface area contributed by atoms with Gasteiger partial charge < -0.3 is 4.57 Å². The Balaban J connectivity index is 1.73. The summed E-state index contributed by atoms with van der Waals surface area (Å²) in [6.07, 6.45) is 0.625. The number of hydrogen-bond acceptors (Lipinski definition) is 4. The van der Waals surface area contributed by atoms with Crippen LogP contribution in [0.2, 0.25) is 0 Å². The van der Waals surface area contributed by atoms with Gasteiger partial charge in [0, 0.05) is 29.5 Å².